The summed E-state index contributed by atoms with van der Waals surface area (Å²) in [5.41, 5.74) is 18.3. The Labute approximate surface area is 375 Å². The Morgan fingerprint density at radius 2 is 0.766 bits per heavy atom. The fourth-order valence-electron chi connectivity index (χ4n) is 10.6. The fraction of sp³-hybridized carbons (Fsp3) is 0.0476. The zero-order valence-corrected chi connectivity index (χ0v) is 36.0. The van der Waals surface area contributed by atoms with Crippen LogP contribution in [-0.4, -0.2) is 0 Å². The molecule has 0 saturated heterocycles. The standard InChI is InChI=1S/C63H45N/c1-63(2)59-30-15-14-26-54(59)55-40-39-48(41-60(55)63)64(47-37-35-43(36-38-47)42-31-33-46(34-32-42)50-22-9-8-21-49(50)44-17-4-3-5-18-44)62-58-28-13-11-25-53(58)52-24-10-12-27-57(52)61(62)56-29-16-20-45-19-6-7-23-51(45)56/h3-41H,1-2H3. The molecular weight excluding hydrogens is 771 g/mol. The van der Waals surface area contributed by atoms with Gasteiger partial charge in [-0.1, -0.05) is 226 Å². The number of hydrogen-bond acceptors (Lipinski definition) is 1. The molecule has 64 heavy (non-hydrogen) atoms. The summed E-state index contributed by atoms with van der Waals surface area (Å²) in [5.74, 6) is 0. The molecule has 0 heterocycles. The van der Waals surface area contributed by atoms with Gasteiger partial charge >= 0.3 is 0 Å². The lowest BCUT2D eigenvalue weighted by atomic mass is 9.82. The lowest BCUT2D eigenvalue weighted by Crippen LogP contribution is -2.17. The molecule has 0 aliphatic heterocycles. The first-order valence-corrected chi connectivity index (χ1v) is 22.3. The van der Waals surface area contributed by atoms with Crippen molar-refractivity contribution in [3.63, 3.8) is 0 Å². The van der Waals surface area contributed by atoms with E-state index >= 15 is 0 Å². The minimum atomic E-state index is -0.158. The summed E-state index contributed by atoms with van der Waals surface area (Å²) in [5, 5.41) is 7.40. The summed E-state index contributed by atoms with van der Waals surface area (Å²) in [6.45, 7) is 4.75. The molecule has 11 aromatic carbocycles. The molecule has 0 amide bonds. The first-order valence-electron chi connectivity index (χ1n) is 22.3. The second-order valence-electron chi connectivity index (χ2n) is 17.6. The van der Waals surface area contributed by atoms with Crippen molar-refractivity contribution in [1.29, 1.82) is 0 Å². The maximum atomic E-state index is 2.54. The zero-order chi connectivity index (χ0) is 42.8. The van der Waals surface area contributed by atoms with Gasteiger partial charge in [0.05, 0.1) is 5.69 Å². The van der Waals surface area contributed by atoms with Crippen LogP contribution in [0.2, 0.25) is 0 Å². The van der Waals surface area contributed by atoms with E-state index in [4.69, 9.17) is 0 Å². The van der Waals surface area contributed by atoms with Crippen LogP contribution < -0.4 is 4.90 Å². The largest absolute Gasteiger partial charge is 0.309 e. The van der Waals surface area contributed by atoms with Gasteiger partial charge in [-0.15, -0.1) is 0 Å². The molecule has 12 rings (SSSR count). The molecule has 1 aliphatic carbocycles. The molecule has 0 aromatic heterocycles. The third-order valence-electron chi connectivity index (χ3n) is 13.7. The maximum Gasteiger partial charge on any atom is 0.0625 e. The highest BCUT2D eigenvalue weighted by Gasteiger charge is 2.36. The van der Waals surface area contributed by atoms with E-state index in [1.807, 2.05) is 0 Å². The summed E-state index contributed by atoms with van der Waals surface area (Å²) >= 11 is 0. The van der Waals surface area contributed by atoms with E-state index < -0.39 is 0 Å². The van der Waals surface area contributed by atoms with E-state index in [1.54, 1.807) is 0 Å². The van der Waals surface area contributed by atoms with Crippen molar-refractivity contribution >= 4 is 49.4 Å². The SMILES string of the molecule is CC1(C)c2ccccc2-c2ccc(N(c3ccc(-c4ccc(-c5ccccc5-c5ccccc5)cc4)cc3)c3c(-c4cccc5ccccc45)c4ccccc4c4ccccc34)cc21. The molecule has 1 nitrogen and oxygen atoms in total. The first-order chi connectivity index (χ1) is 31.5. The van der Waals surface area contributed by atoms with Crippen LogP contribution >= 0.6 is 0 Å². The third-order valence-corrected chi connectivity index (χ3v) is 13.7. The van der Waals surface area contributed by atoms with Gasteiger partial charge in [0.15, 0.2) is 0 Å². The number of hydrogen-bond donors (Lipinski definition) is 0. The number of rotatable bonds is 7. The Morgan fingerprint density at radius 1 is 0.297 bits per heavy atom. The number of fused-ring (bicyclic) bond motifs is 7. The lowest BCUT2D eigenvalue weighted by Gasteiger charge is -2.32. The molecule has 1 aliphatic rings. The molecule has 0 N–H and O–H groups in total. The van der Waals surface area contributed by atoms with Gasteiger partial charge in [-0.2, -0.15) is 0 Å². The van der Waals surface area contributed by atoms with Gasteiger partial charge in [-0.05, 0) is 112 Å². The molecule has 1 heteroatoms. The predicted molar refractivity (Wildman–Crippen MR) is 273 cm³/mol. The second kappa shape index (κ2) is 15.1. The van der Waals surface area contributed by atoms with Crippen LogP contribution in [0.4, 0.5) is 17.1 Å². The van der Waals surface area contributed by atoms with E-state index in [2.05, 4.69) is 255 Å². The van der Waals surface area contributed by atoms with Crippen LogP contribution in [0.5, 0.6) is 0 Å². The molecule has 302 valence electrons. The van der Waals surface area contributed by atoms with Gasteiger partial charge < -0.3 is 4.90 Å². The van der Waals surface area contributed by atoms with Crippen molar-refractivity contribution < 1.29 is 0 Å². The number of nitrogens with zero attached hydrogens (tertiary/aromatic N) is 1. The highest BCUT2D eigenvalue weighted by molar-refractivity contribution is 6.24. The summed E-state index contributed by atoms with van der Waals surface area (Å²) in [6.07, 6.45) is 0. The third kappa shape index (κ3) is 6.08. The average molecular weight is 816 g/mol. The molecule has 0 spiro atoms. The zero-order valence-electron chi connectivity index (χ0n) is 36.0. The van der Waals surface area contributed by atoms with Crippen LogP contribution in [0, 0.1) is 0 Å². The van der Waals surface area contributed by atoms with E-state index in [0.29, 0.717) is 0 Å². The van der Waals surface area contributed by atoms with Gasteiger partial charge in [0, 0.05) is 27.7 Å². The number of benzene rings is 11. The van der Waals surface area contributed by atoms with Crippen molar-refractivity contribution in [3.8, 4) is 55.6 Å². The van der Waals surface area contributed by atoms with E-state index in [-0.39, 0.29) is 5.41 Å². The highest BCUT2D eigenvalue weighted by atomic mass is 15.1. The molecule has 0 atom stereocenters. The van der Waals surface area contributed by atoms with Crippen molar-refractivity contribution in [2.75, 3.05) is 4.90 Å². The van der Waals surface area contributed by atoms with E-state index in [0.717, 1.165) is 11.4 Å². The maximum absolute atomic E-state index is 2.54. The van der Waals surface area contributed by atoms with Crippen molar-refractivity contribution in [1.82, 2.24) is 0 Å². The van der Waals surface area contributed by atoms with Gasteiger partial charge in [-0.3, -0.25) is 0 Å². The Kier molecular flexibility index (Phi) is 8.91. The van der Waals surface area contributed by atoms with Gasteiger partial charge in [0.1, 0.15) is 0 Å². The van der Waals surface area contributed by atoms with E-state index in [9.17, 15) is 0 Å². The van der Waals surface area contributed by atoms with Crippen molar-refractivity contribution in [3.05, 3.63) is 248 Å². The second-order valence-corrected chi connectivity index (χ2v) is 17.6. The summed E-state index contributed by atoms with van der Waals surface area (Å²) in [4.78, 5) is 2.54. The summed E-state index contributed by atoms with van der Waals surface area (Å²) in [7, 11) is 0. The van der Waals surface area contributed by atoms with E-state index in [1.165, 1.54) is 105 Å². The minimum Gasteiger partial charge on any atom is -0.309 e. The molecular formula is C63H45N. The number of anilines is 3. The topological polar surface area (TPSA) is 3.24 Å². The van der Waals surface area contributed by atoms with Crippen molar-refractivity contribution in [2.45, 2.75) is 19.3 Å². The molecule has 0 saturated carbocycles. The van der Waals surface area contributed by atoms with Crippen LogP contribution in [0.15, 0.2) is 237 Å². The van der Waals surface area contributed by atoms with Crippen LogP contribution in [0.3, 0.4) is 0 Å². The van der Waals surface area contributed by atoms with Crippen LogP contribution in [0.25, 0.3) is 88.0 Å². The highest BCUT2D eigenvalue weighted by Crippen LogP contribution is 2.54. The predicted octanol–water partition coefficient (Wildman–Crippen LogP) is 17.6. The fourth-order valence-corrected chi connectivity index (χ4v) is 10.6. The first kappa shape index (κ1) is 37.7. The summed E-state index contributed by atoms with van der Waals surface area (Å²) in [6, 6.07) is 87.2. The molecule has 11 aromatic rings. The smallest absolute Gasteiger partial charge is 0.0625 e. The lowest BCUT2D eigenvalue weighted by molar-refractivity contribution is 0.660. The normalized spacial score (nSPS) is 12.7. The Bertz CT molecular complexity index is 3560. The minimum absolute atomic E-state index is 0.158. The van der Waals surface area contributed by atoms with Crippen LogP contribution in [0.1, 0.15) is 25.0 Å². The van der Waals surface area contributed by atoms with Gasteiger partial charge in [0.2, 0.25) is 0 Å². The monoisotopic (exact) mass is 815 g/mol. The average Bonchev–Trinajstić information content (AvgIpc) is 3.59. The Morgan fingerprint density at radius 3 is 1.48 bits per heavy atom. The quantitative estimate of drug-likeness (QED) is 0.145. The van der Waals surface area contributed by atoms with Gasteiger partial charge in [-0.25, -0.2) is 0 Å². The molecule has 0 unspecified atom stereocenters. The van der Waals surface area contributed by atoms with Crippen LogP contribution in [-0.2, 0) is 5.41 Å². The Hall–Kier alpha value is -8.00. The Balaban J connectivity index is 1.06. The molecule has 0 fully saturated rings. The molecule has 0 bridgehead atoms. The molecule has 0 radical (unpaired) electrons. The van der Waals surface area contributed by atoms with Crippen molar-refractivity contribution in [2.24, 2.45) is 0 Å². The summed E-state index contributed by atoms with van der Waals surface area (Å²) < 4.78 is 0. The van der Waals surface area contributed by atoms with Gasteiger partial charge in [0.25, 0.3) is 0 Å².